The Kier molecular flexibility index (Phi) is 7.02. The number of hydrogen-bond donors (Lipinski definition) is 1. The van der Waals surface area contributed by atoms with Crippen molar-refractivity contribution in [2.24, 2.45) is 5.92 Å². The summed E-state index contributed by atoms with van der Waals surface area (Å²) < 4.78 is 18.0. The molecule has 2 aromatic carbocycles. The van der Waals surface area contributed by atoms with Gasteiger partial charge in [0.25, 0.3) is 0 Å². The quantitative estimate of drug-likeness (QED) is 0.293. The Morgan fingerprint density at radius 2 is 1.94 bits per heavy atom. The number of carbonyl (C=O) groups excluding carboxylic acids is 2. The summed E-state index contributed by atoms with van der Waals surface area (Å²) in [7, 11) is 1.60. The van der Waals surface area contributed by atoms with Gasteiger partial charge in [-0.2, -0.15) is 0 Å². The number of carbonyl (C=O) groups is 2. The molecule has 2 heterocycles. The van der Waals surface area contributed by atoms with Crippen LogP contribution in [0.3, 0.4) is 0 Å². The molecular formula is C25H29N3O6. The zero-order valence-electron chi connectivity index (χ0n) is 19.6. The summed E-state index contributed by atoms with van der Waals surface area (Å²) in [4.78, 5) is 33.3. The van der Waals surface area contributed by atoms with E-state index < -0.39 is 17.9 Å². The minimum Gasteiger partial charge on any atom is -0.504 e. The van der Waals surface area contributed by atoms with Crippen LogP contribution >= 0.6 is 0 Å². The average molecular weight is 468 g/mol. The standard InChI is InChI=1S/C25H29N3O6/c1-4-33-20-15-16(11-12-19(20)29)22-21(24(31)34-5-2)23(30)27(13-8-14-32-3)25-26-17-9-6-7-10-18(17)28(22)25/h6-7,9-12,15,21-22,29H,4-5,8,13-14H2,1-3H3. The maximum absolute atomic E-state index is 13.8. The molecule has 1 N–H and O–H groups in total. The van der Waals surface area contributed by atoms with E-state index in [0.717, 1.165) is 5.52 Å². The van der Waals surface area contributed by atoms with Crippen LogP contribution in [-0.4, -0.2) is 60.0 Å². The van der Waals surface area contributed by atoms with E-state index in [4.69, 9.17) is 19.2 Å². The first-order valence-corrected chi connectivity index (χ1v) is 11.4. The monoisotopic (exact) mass is 467 g/mol. The lowest BCUT2D eigenvalue weighted by Crippen LogP contribution is -2.50. The number of imidazole rings is 1. The lowest BCUT2D eigenvalue weighted by molar-refractivity contribution is -0.153. The SMILES string of the molecule is CCOC(=O)C1C(=O)N(CCCOC)c2nc3ccccc3n2C1c1ccc(O)c(OCC)c1. The van der Waals surface area contributed by atoms with Crippen molar-refractivity contribution in [1.29, 1.82) is 0 Å². The normalized spacial score (nSPS) is 17.6. The number of aromatic nitrogens is 2. The number of methoxy groups -OCH3 is 1. The third-order valence-corrected chi connectivity index (χ3v) is 5.84. The van der Waals surface area contributed by atoms with Gasteiger partial charge in [0.1, 0.15) is 0 Å². The Bertz CT molecular complexity index is 1190. The van der Waals surface area contributed by atoms with E-state index in [1.54, 1.807) is 31.1 Å². The van der Waals surface area contributed by atoms with Crippen LogP contribution in [0.1, 0.15) is 31.9 Å². The second-order valence-corrected chi connectivity index (χ2v) is 7.94. The minimum atomic E-state index is -1.13. The molecule has 0 saturated carbocycles. The number of hydrogen-bond acceptors (Lipinski definition) is 7. The lowest BCUT2D eigenvalue weighted by Gasteiger charge is -2.38. The minimum absolute atomic E-state index is 0.0164. The van der Waals surface area contributed by atoms with Gasteiger partial charge in [-0.05, 0) is 50.1 Å². The molecule has 0 saturated heterocycles. The molecular weight excluding hydrogens is 438 g/mol. The first kappa shape index (κ1) is 23.6. The van der Waals surface area contributed by atoms with E-state index >= 15 is 0 Å². The Hall–Kier alpha value is -3.59. The fourth-order valence-corrected chi connectivity index (χ4v) is 4.41. The van der Waals surface area contributed by atoms with Crippen LogP contribution in [0.4, 0.5) is 5.95 Å². The van der Waals surface area contributed by atoms with Crippen LogP contribution in [-0.2, 0) is 19.1 Å². The Morgan fingerprint density at radius 3 is 2.68 bits per heavy atom. The molecule has 2 atom stereocenters. The molecule has 9 heteroatoms. The number of ether oxygens (including phenoxy) is 3. The van der Waals surface area contributed by atoms with Gasteiger partial charge >= 0.3 is 5.97 Å². The van der Waals surface area contributed by atoms with Gasteiger partial charge in [0.15, 0.2) is 17.4 Å². The molecule has 0 spiro atoms. The van der Waals surface area contributed by atoms with Crippen molar-refractivity contribution >= 4 is 28.9 Å². The summed E-state index contributed by atoms with van der Waals surface area (Å²) in [5.74, 6) is -1.40. The number of fused-ring (bicyclic) bond motifs is 3. The van der Waals surface area contributed by atoms with Gasteiger partial charge < -0.3 is 23.9 Å². The summed E-state index contributed by atoms with van der Waals surface area (Å²) in [6.45, 7) is 4.84. The number of benzene rings is 2. The molecule has 2 unspecified atom stereocenters. The molecule has 3 aromatic rings. The van der Waals surface area contributed by atoms with Crippen molar-refractivity contribution in [3.05, 3.63) is 48.0 Å². The van der Waals surface area contributed by atoms with E-state index in [1.165, 1.54) is 6.07 Å². The summed E-state index contributed by atoms with van der Waals surface area (Å²) in [6.07, 6.45) is 0.583. The first-order chi connectivity index (χ1) is 16.5. The second kappa shape index (κ2) is 10.1. The van der Waals surface area contributed by atoms with Gasteiger partial charge in [-0.25, -0.2) is 4.98 Å². The van der Waals surface area contributed by atoms with Gasteiger partial charge in [0.2, 0.25) is 11.9 Å². The van der Waals surface area contributed by atoms with E-state index in [2.05, 4.69) is 0 Å². The van der Waals surface area contributed by atoms with E-state index in [9.17, 15) is 14.7 Å². The number of aromatic hydroxyl groups is 1. The zero-order valence-corrected chi connectivity index (χ0v) is 19.6. The van der Waals surface area contributed by atoms with Crippen LogP contribution in [0.25, 0.3) is 11.0 Å². The predicted octanol–water partition coefficient (Wildman–Crippen LogP) is 3.29. The van der Waals surface area contributed by atoms with Crippen LogP contribution in [0.2, 0.25) is 0 Å². The highest BCUT2D eigenvalue weighted by Crippen LogP contribution is 2.43. The van der Waals surface area contributed by atoms with Gasteiger partial charge in [-0.15, -0.1) is 0 Å². The number of nitrogens with zero attached hydrogens (tertiary/aromatic N) is 3. The summed E-state index contributed by atoms with van der Waals surface area (Å²) in [5, 5.41) is 10.2. The maximum atomic E-state index is 13.8. The highest BCUT2D eigenvalue weighted by atomic mass is 16.5. The van der Waals surface area contributed by atoms with Crippen LogP contribution < -0.4 is 9.64 Å². The molecule has 34 heavy (non-hydrogen) atoms. The molecule has 1 amide bonds. The predicted molar refractivity (Wildman–Crippen MR) is 126 cm³/mol. The Labute approximate surface area is 197 Å². The smallest absolute Gasteiger partial charge is 0.321 e. The molecule has 0 fully saturated rings. The van der Waals surface area contributed by atoms with Gasteiger partial charge in [0, 0.05) is 20.3 Å². The molecule has 0 radical (unpaired) electrons. The summed E-state index contributed by atoms with van der Waals surface area (Å²) >= 11 is 0. The summed E-state index contributed by atoms with van der Waals surface area (Å²) in [6, 6.07) is 11.7. The molecule has 0 bridgehead atoms. The zero-order chi connectivity index (χ0) is 24.2. The van der Waals surface area contributed by atoms with Crippen molar-refractivity contribution in [1.82, 2.24) is 9.55 Å². The van der Waals surface area contributed by atoms with Crippen molar-refractivity contribution in [2.75, 3.05) is 38.4 Å². The highest BCUT2D eigenvalue weighted by molar-refractivity contribution is 6.08. The molecule has 180 valence electrons. The summed E-state index contributed by atoms with van der Waals surface area (Å²) in [5.41, 5.74) is 2.13. The average Bonchev–Trinajstić information content (AvgIpc) is 3.21. The van der Waals surface area contributed by atoms with Crippen molar-refractivity contribution in [3.63, 3.8) is 0 Å². The third kappa shape index (κ3) is 4.19. The molecule has 4 rings (SSSR count). The lowest BCUT2D eigenvalue weighted by atomic mass is 9.89. The number of esters is 1. The number of amides is 1. The Balaban J connectivity index is 1.94. The molecule has 0 aliphatic carbocycles. The third-order valence-electron chi connectivity index (χ3n) is 5.84. The van der Waals surface area contributed by atoms with Gasteiger partial charge in [-0.3, -0.25) is 14.5 Å². The molecule has 1 aliphatic rings. The van der Waals surface area contributed by atoms with Crippen LogP contribution in [0, 0.1) is 5.92 Å². The number of para-hydroxylation sites is 2. The number of anilines is 1. The van der Waals surface area contributed by atoms with Gasteiger partial charge in [-0.1, -0.05) is 18.2 Å². The molecule has 1 aromatic heterocycles. The van der Waals surface area contributed by atoms with E-state index in [-0.39, 0.29) is 24.0 Å². The second-order valence-electron chi connectivity index (χ2n) is 7.94. The van der Waals surface area contributed by atoms with E-state index in [1.807, 2.05) is 35.8 Å². The van der Waals surface area contributed by atoms with Crippen LogP contribution in [0.15, 0.2) is 42.5 Å². The highest BCUT2D eigenvalue weighted by Gasteiger charge is 2.47. The fourth-order valence-electron chi connectivity index (χ4n) is 4.41. The van der Waals surface area contributed by atoms with Crippen molar-refractivity contribution in [2.45, 2.75) is 26.3 Å². The van der Waals surface area contributed by atoms with Gasteiger partial charge in [0.05, 0.1) is 30.3 Å². The number of rotatable bonds is 9. The molecule has 9 nitrogen and oxygen atoms in total. The first-order valence-electron chi connectivity index (χ1n) is 11.4. The number of phenols is 1. The molecule has 1 aliphatic heterocycles. The topological polar surface area (TPSA) is 103 Å². The number of phenolic OH excluding ortho intramolecular Hbond substituents is 1. The van der Waals surface area contributed by atoms with Crippen molar-refractivity contribution in [3.8, 4) is 11.5 Å². The Morgan fingerprint density at radius 1 is 1.15 bits per heavy atom. The fraction of sp³-hybridized carbons (Fsp3) is 0.400. The van der Waals surface area contributed by atoms with E-state index in [0.29, 0.717) is 43.2 Å². The maximum Gasteiger partial charge on any atom is 0.321 e. The van der Waals surface area contributed by atoms with Crippen molar-refractivity contribution < 1.29 is 28.9 Å². The largest absolute Gasteiger partial charge is 0.504 e. The van der Waals surface area contributed by atoms with Crippen LogP contribution in [0.5, 0.6) is 11.5 Å².